The molecule has 0 unspecified atom stereocenters. The number of rotatable bonds is 3. The van der Waals surface area contributed by atoms with E-state index >= 15 is 0 Å². The highest BCUT2D eigenvalue weighted by Crippen LogP contribution is 2.23. The summed E-state index contributed by atoms with van der Waals surface area (Å²) in [6.45, 7) is 2.03. The van der Waals surface area contributed by atoms with Gasteiger partial charge in [-0.05, 0) is 37.6 Å². The van der Waals surface area contributed by atoms with Crippen LogP contribution < -0.4 is 10.6 Å². The van der Waals surface area contributed by atoms with E-state index in [1.807, 2.05) is 6.07 Å². The van der Waals surface area contributed by atoms with E-state index in [0.29, 0.717) is 17.4 Å². The van der Waals surface area contributed by atoms with Gasteiger partial charge in [-0.25, -0.2) is 19.3 Å². The summed E-state index contributed by atoms with van der Waals surface area (Å²) in [5.41, 5.74) is 2.23. The second-order valence-electron chi connectivity index (χ2n) is 6.67. The van der Waals surface area contributed by atoms with Gasteiger partial charge in [-0.15, -0.1) is 0 Å². The first-order valence-electron chi connectivity index (χ1n) is 9.26. The van der Waals surface area contributed by atoms with Gasteiger partial charge in [-0.3, -0.25) is 0 Å². The molecule has 0 bridgehead atoms. The number of nitrogens with zero attached hydrogens (tertiary/aromatic N) is 5. The van der Waals surface area contributed by atoms with Crippen molar-refractivity contribution in [3.8, 4) is 17.5 Å². The van der Waals surface area contributed by atoms with Crippen LogP contribution in [0.15, 0.2) is 36.8 Å². The van der Waals surface area contributed by atoms with E-state index in [9.17, 15) is 13.2 Å². The molecule has 0 radical (unpaired) electrons. The van der Waals surface area contributed by atoms with Gasteiger partial charge in [0, 0.05) is 25.0 Å². The summed E-state index contributed by atoms with van der Waals surface area (Å²) in [4.78, 5) is 17.9. The van der Waals surface area contributed by atoms with Crippen molar-refractivity contribution in [1.82, 2.24) is 24.9 Å². The third-order valence-corrected chi connectivity index (χ3v) is 4.44. The number of nitriles is 1. The number of anilines is 1. The second kappa shape index (κ2) is 9.40. The topological polar surface area (TPSA) is 128 Å². The summed E-state index contributed by atoms with van der Waals surface area (Å²) in [6, 6.07) is 7.95. The van der Waals surface area contributed by atoms with Gasteiger partial charge < -0.3 is 15.7 Å². The highest BCUT2D eigenvalue weighted by molar-refractivity contribution is 5.77. The first-order valence-corrected chi connectivity index (χ1v) is 9.26. The molecule has 4 heterocycles. The monoisotopic (exact) mass is 433 g/mol. The second-order valence-corrected chi connectivity index (χ2v) is 6.67. The third kappa shape index (κ3) is 5.67. The Morgan fingerprint density at radius 3 is 2.81 bits per heavy atom. The summed E-state index contributed by atoms with van der Waals surface area (Å²) in [5.74, 6) is -1.34. The molecule has 1 saturated heterocycles. The fourth-order valence-corrected chi connectivity index (χ4v) is 2.98. The van der Waals surface area contributed by atoms with Crippen molar-refractivity contribution in [3.05, 3.63) is 42.4 Å². The number of hydrogen-bond donors (Lipinski definition) is 3. The number of halogens is 3. The van der Waals surface area contributed by atoms with Gasteiger partial charge in [-0.2, -0.15) is 23.5 Å². The van der Waals surface area contributed by atoms with Crippen LogP contribution in [-0.4, -0.2) is 56.0 Å². The van der Waals surface area contributed by atoms with Crippen molar-refractivity contribution in [1.29, 1.82) is 5.26 Å². The Balaban J connectivity index is 0.000000339. The fourth-order valence-electron chi connectivity index (χ4n) is 2.98. The van der Waals surface area contributed by atoms with Gasteiger partial charge in [0.05, 0.1) is 28.9 Å². The highest BCUT2D eigenvalue weighted by atomic mass is 19.4. The Morgan fingerprint density at radius 1 is 1.39 bits per heavy atom. The molecule has 0 aromatic carbocycles. The van der Waals surface area contributed by atoms with E-state index in [4.69, 9.17) is 15.2 Å². The Morgan fingerprint density at radius 2 is 2.16 bits per heavy atom. The molecule has 3 aromatic heterocycles. The number of nitrogens with one attached hydrogen (secondary N) is 2. The van der Waals surface area contributed by atoms with Gasteiger partial charge in [0.2, 0.25) is 0 Å². The Kier molecular flexibility index (Phi) is 6.66. The molecular formula is C19H18F3N7O2. The molecule has 1 atom stereocenters. The first-order chi connectivity index (χ1) is 14.8. The third-order valence-electron chi connectivity index (χ3n) is 4.44. The number of alkyl halides is 3. The van der Waals surface area contributed by atoms with Crippen molar-refractivity contribution in [2.45, 2.75) is 25.1 Å². The molecule has 1 aliphatic heterocycles. The van der Waals surface area contributed by atoms with Crippen LogP contribution in [-0.2, 0) is 4.79 Å². The SMILES string of the molecule is N#Cc1ccn2ncc(-c3nccc(N[C@@H]4CCCNC4)n3)c2c1.O=C(O)C(F)(F)F. The Labute approximate surface area is 174 Å². The van der Waals surface area contributed by atoms with Crippen molar-refractivity contribution >= 4 is 17.3 Å². The summed E-state index contributed by atoms with van der Waals surface area (Å²) >= 11 is 0. The van der Waals surface area contributed by atoms with E-state index in [1.54, 1.807) is 35.2 Å². The van der Waals surface area contributed by atoms with Crippen molar-refractivity contribution in [3.63, 3.8) is 0 Å². The van der Waals surface area contributed by atoms with E-state index in [1.165, 1.54) is 6.42 Å². The van der Waals surface area contributed by atoms with Crippen LogP contribution in [0, 0.1) is 11.3 Å². The molecule has 0 aliphatic carbocycles. The Hall–Kier alpha value is -3.72. The number of aromatic nitrogens is 4. The molecule has 3 aromatic rings. The van der Waals surface area contributed by atoms with Gasteiger partial charge in [0.15, 0.2) is 5.82 Å². The fraction of sp³-hybridized carbons (Fsp3) is 0.316. The smallest absolute Gasteiger partial charge is 0.475 e. The van der Waals surface area contributed by atoms with E-state index in [2.05, 4.69) is 31.8 Å². The molecule has 9 nitrogen and oxygen atoms in total. The number of carboxylic acid groups (broad SMARTS) is 1. The summed E-state index contributed by atoms with van der Waals surface area (Å²) < 4.78 is 33.5. The van der Waals surface area contributed by atoms with E-state index in [-0.39, 0.29) is 0 Å². The van der Waals surface area contributed by atoms with Gasteiger partial charge >= 0.3 is 12.1 Å². The lowest BCUT2D eigenvalue weighted by Crippen LogP contribution is -2.38. The summed E-state index contributed by atoms with van der Waals surface area (Å²) in [6.07, 6.45) is 2.47. The molecule has 1 aliphatic rings. The predicted octanol–water partition coefficient (Wildman–Crippen LogP) is 2.46. The average molecular weight is 433 g/mol. The van der Waals surface area contributed by atoms with E-state index in [0.717, 1.165) is 36.4 Å². The predicted molar refractivity (Wildman–Crippen MR) is 104 cm³/mol. The van der Waals surface area contributed by atoms with E-state index < -0.39 is 12.1 Å². The lowest BCUT2D eigenvalue weighted by atomic mass is 10.1. The van der Waals surface area contributed by atoms with Crippen molar-refractivity contribution in [2.24, 2.45) is 0 Å². The van der Waals surface area contributed by atoms with Gasteiger partial charge in [0.1, 0.15) is 5.82 Å². The zero-order valence-electron chi connectivity index (χ0n) is 16.1. The van der Waals surface area contributed by atoms with Crippen LogP contribution in [0.4, 0.5) is 19.0 Å². The number of piperidine rings is 1. The standard InChI is InChI=1S/C17H17N7.C2HF3O2/c18-9-12-4-7-24-15(8-12)14(11-21-24)17-20-6-3-16(23-17)22-13-2-1-5-19-10-13;3-2(4,5)1(6)7/h3-4,6-8,11,13,19H,1-2,5,10H2,(H,20,22,23);(H,6,7)/t13-;/m1./s1. The lowest BCUT2D eigenvalue weighted by molar-refractivity contribution is -0.192. The molecular weight excluding hydrogens is 415 g/mol. The van der Waals surface area contributed by atoms with Crippen molar-refractivity contribution < 1.29 is 23.1 Å². The van der Waals surface area contributed by atoms with Crippen LogP contribution in [0.5, 0.6) is 0 Å². The minimum atomic E-state index is -5.08. The molecule has 3 N–H and O–H groups in total. The van der Waals surface area contributed by atoms with Crippen LogP contribution in [0.1, 0.15) is 18.4 Å². The maximum atomic E-state index is 10.6. The Bertz CT molecular complexity index is 1100. The number of carboxylic acids is 1. The molecule has 0 saturated carbocycles. The molecule has 12 heteroatoms. The summed E-state index contributed by atoms with van der Waals surface area (Å²) in [5, 5.41) is 27.4. The van der Waals surface area contributed by atoms with Gasteiger partial charge in [-0.1, -0.05) is 0 Å². The van der Waals surface area contributed by atoms with Crippen LogP contribution >= 0.6 is 0 Å². The zero-order chi connectivity index (χ0) is 22.4. The molecule has 31 heavy (non-hydrogen) atoms. The molecule has 4 rings (SSSR count). The maximum absolute atomic E-state index is 10.6. The number of carbonyl (C=O) groups is 1. The lowest BCUT2D eigenvalue weighted by Gasteiger charge is -2.24. The molecule has 1 fully saturated rings. The number of aliphatic carboxylic acids is 1. The van der Waals surface area contributed by atoms with Crippen LogP contribution in [0.2, 0.25) is 0 Å². The molecule has 0 spiro atoms. The first kappa shape index (κ1) is 22.0. The largest absolute Gasteiger partial charge is 0.490 e. The average Bonchev–Trinajstić information content (AvgIpc) is 3.17. The summed E-state index contributed by atoms with van der Waals surface area (Å²) in [7, 11) is 0. The van der Waals surface area contributed by atoms with Crippen molar-refractivity contribution in [2.75, 3.05) is 18.4 Å². The molecule has 162 valence electrons. The quantitative estimate of drug-likeness (QED) is 0.575. The highest BCUT2D eigenvalue weighted by Gasteiger charge is 2.38. The van der Waals surface area contributed by atoms with Gasteiger partial charge in [0.25, 0.3) is 0 Å². The minimum absolute atomic E-state index is 0.385. The minimum Gasteiger partial charge on any atom is -0.475 e. The van der Waals surface area contributed by atoms with Crippen LogP contribution in [0.3, 0.4) is 0 Å². The zero-order valence-corrected chi connectivity index (χ0v) is 16.1. The van der Waals surface area contributed by atoms with Crippen LogP contribution in [0.25, 0.3) is 16.9 Å². The number of pyridine rings is 1. The number of fused-ring (bicyclic) bond motifs is 1. The maximum Gasteiger partial charge on any atom is 0.490 e. The normalized spacial score (nSPS) is 16.1. The number of hydrogen-bond acceptors (Lipinski definition) is 7. The molecule has 0 amide bonds.